The van der Waals surface area contributed by atoms with E-state index in [1.807, 2.05) is 36.4 Å². The number of nitrogens with one attached hydrogen (secondary N) is 2. The normalized spacial score (nSPS) is 16.1. The lowest BCUT2D eigenvalue weighted by Gasteiger charge is -2.31. The van der Waals surface area contributed by atoms with Crippen LogP contribution in [0.5, 0.6) is 0 Å². The number of carbonyl (C=O) groups is 3. The second kappa shape index (κ2) is 9.82. The molecule has 1 aliphatic carbocycles. The molecular weight excluding hydrogens is 410 g/mol. The Kier molecular flexibility index (Phi) is 6.70. The number of ether oxygens (including phenoxy) is 1. The SMILES string of the molecule is O=C(O)CCC(NC(=O)OCC1c2ccccc2-c2ccccc21)C(=O)N1CCNCC1. The molecule has 1 aliphatic heterocycles. The number of rotatable bonds is 7. The van der Waals surface area contributed by atoms with Gasteiger partial charge in [-0.2, -0.15) is 0 Å². The number of hydrogen-bond acceptors (Lipinski definition) is 5. The van der Waals surface area contributed by atoms with E-state index in [1.165, 1.54) is 0 Å². The van der Waals surface area contributed by atoms with Crippen molar-refractivity contribution in [3.8, 4) is 11.1 Å². The van der Waals surface area contributed by atoms with Crippen molar-refractivity contribution < 1.29 is 24.2 Å². The number of aliphatic carboxylic acids is 1. The molecule has 1 heterocycles. The minimum absolute atomic E-state index is 0.0162. The topological polar surface area (TPSA) is 108 Å². The first-order valence-electron chi connectivity index (χ1n) is 10.9. The van der Waals surface area contributed by atoms with Crippen molar-refractivity contribution in [1.29, 1.82) is 0 Å². The van der Waals surface area contributed by atoms with Crippen LogP contribution in [0.1, 0.15) is 29.9 Å². The third-order valence-electron chi connectivity index (χ3n) is 6.01. The number of nitrogens with zero attached hydrogens (tertiary/aromatic N) is 1. The lowest BCUT2D eigenvalue weighted by molar-refractivity contribution is -0.138. The molecule has 2 aliphatic rings. The van der Waals surface area contributed by atoms with Gasteiger partial charge in [-0.25, -0.2) is 4.79 Å². The first kappa shape index (κ1) is 21.8. The highest BCUT2D eigenvalue weighted by molar-refractivity contribution is 5.86. The molecule has 0 aromatic heterocycles. The maximum Gasteiger partial charge on any atom is 0.407 e. The summed E-state index contributed by atoms with van der Waals surface area (Å²) in [5, 5.41) is 14.8. The maximum absolute atomic E-state index is 12.9. The van der Waals surface area contributed by atoms with E-state index < -0.39 is 18.1 Å². The number of benzene rings is 2. The molecule has 0 radical (unpaired) electrons. The van der Waals surface area contributed by atoms with Crippen molar-refractivity contribution in [1.82, 2.24) is 15.5 Å². The fraction of sp³-hybridized carbons (Fsp3) is 0.375. The Labute approximate surface area is 186 Å². The minimum Gasteiger partial charge on any atom is -0.481 e. The molecule has 4 rings (SSSR count). The summed E-state index contributed by atoms with van der Waals surface area (Å²) >= 11 is 0. The van der Waals surface area contributed by atoms with Crippen LogP contribution in [-0.4, -0.2) is 66.8 Å². The zero-order valence-electron chi connectivity index (χ0n) is 17.8. The average molecular weight is 437 g/mol. The average Bonchev–Trinajstić information content (AvgIpc) is 3.14. The van der Waals surface area contributed by atoms with E-state index in [0.717, 1.165) is 22.3 Å². The van der Waals surface area contributed by atoms with Crippen molar-refractivity contribution >= 4 is 18.0 Å². The van der Waals surface area contributed by atoms with Crippen LogP contribution >= 0.6 is 0 Å². The Balaban J connectivity index is 1.42. The fourth-order valence-electron chi connectivity index (χ4n) is 4.41. The van der Waals surface area contributed by atoms with Crippen LogP contribution in [-0.2, 0) is 14.3 Å². The van der Waals surface area contributed by atoms with Gasteiger partial charge >= 0.3 is 12.1 Å². The van der Waals surface area contributed by atoms with Gasteiger partial charge in [0.05, 0.1) is 0 Å². The number of amides is 2. The smallest absolute Gasteiger partial charge is 0.407 e. The Morgan fingerprint density at radius 1 is 1.03 bits per heavy atom. The zero-order chi connectivity index (χ0) is 22.5. The largest absolute Gasteiger partial charge is 0.481 e. The van der Waals surface area contributed by atoms with Crippen LogP contribution in [0, 0.1) is 0 Å². The van der Waals surface area contributed by atoms with Gasteiger partial charge in [0.1, 0.15) is 12.6 Å². The standard InChI is InChI=1S/C24H27N3O5/c28-22(29)10-9-21(23(30)27-13-11-25-12-14-27)26-24(31)32-15-20-18-7-3-1-5-16(18)17-6-2-4-8-19(17)20/h1-8,20-21,25H,9-15H2,(H,26,31)(H,28,29). The maximum atomic E-state index is 12.9. The third kappa shape index (κ3) is 4.75. The first-order valence-corrected chi connectivity index (χ1v) is 10.9. The van der Waals surface area contributed by atoms with Crippen LogP contribution in [0.3, 0.4) is 0 Å². The van der Waals surface area contributed by atoms with Gasteiger partial charge in [-0.1, -0.05) is 48.5 Å². The molecule has 1 fully saturated rings. The van der Waals surface area contributed by atoms with Gasteiger partial charge < -0.3 is 25.4 Å². The molecule has 1 unspecified atom stereocenters. The number of carboxylic acid groups (broad SMARTS) is 1. The molecular formula is C24H27N3O5. The highest BCUT2D eigenvalue weighted by atomic mass is 16.5. The molecule has 1 saturated heterocycles. The van der Waals surface area contributed by atoms with Crippen molar-refractivity contribution in [2.75, 3.05) is 32.8 Å². The summed E-state index contributed by atoms with van der Waals surface area (Å²) in [6.07, 6.45) is -0.917. The van der Waals surface area contributed by atoms with Gasteiger partial charge in [0, 0.05) is 38.5 Å². The number of piperazine rings is 1. The van der Waals surface area contributed by atoms with Crippen LogP contribution < -0.4 is 10.6 Å². The van der Waals surface area contributed by atoms with E-state index in [2.05, 4.69) is 22.8 Å². The molecule has 32 heavy (non-hydrogen) atoms. The summed E-state index contributed by atoms with van der Waals surface area (Å²) in [6, 6.07) is 15.2. The van der Waals surface area contributed by atoms with Gasteiger partial charge in [-0.05, 0) is 28.7 Å². The molecule has 0 spiro atoms. The Morgan fingerprint density at radius 3 is 2.22 bits per heavy atom. The lowest BCUT2D eigenvalue weighted by atomic mass is 9.98. The van der Waals surface area contributed by atoms with Gasteiger partial charge in [0.15, 0.2) is 0 Å². The lowest BCUT2D eigenvalue weighted by Crippen LogP contribution is -2.54. The molecule has 2 aromatic rings. The summed E-state index contributed by atoms with van der Waals surface area (Å²) in [4.78, 5) is 38.2. The predicted octanol–water partition coefficient (Wildman–Crippen LogP) is 2.19. The summed E-state index contributed by atoms with van der Waals surface area (Å²) in [6.45, 7) is 2.52. The second-order valence-corrected chi connectivity index (χ2v) is 8.03. The van der Waals surface area contributed by atoms with E-state index in [4.69, 9.17) is 9.84 Å². The summed E-state index contributed by atoms with van der Waals surface area (Å²) < 4.78 is 5.53. The number of carboxylic acids is 1. The summed E-state index contributed by atoms with van der Waals surface area (Å²) in [5.41, 5.74) is 4.46. The highest BCUT2D eigenvalue weighted by Gasteiger charge is 2.31. The molecule has 0 saturated carbocycles. The molecule has 8 nitrogen and oxygen atoms in total. The second-order valence-electron chi connectivity index (χ2n) is 8.03. The van der Waals surface area contributed by atoms with Gasteiger partial charge in [0.25, 0.3) is 0 Å². The first-order chi connectivity index (χ1) is 15.5. The Bertz CT molecular complexity index is 957. The van der Waals surface area contributed by atoms with Gasteiger partial charge in [-0.3, -0.25) is 9.59 Å². The summed E-state index contributed by atoms with van der Waals surface area (Å²) in [7, 11) is 0. The van der Waals surface area contributed by atoms with Crippen LogP contribution in [0.2, 0.25) is 0 Å². The molecule has 8 heteroatoms. The predicted molar refractivity (Wildman–Crippen MR) is 118 cm³/mol. The molecule has 2 amide bonds. The molecule has 168 valence electrons. The van der Waals surface area contributed by atoms with E-state index >= 15 is 0 Å². The third-order valence-corrected chi connectivity index (χ3v) is 6.01. The van der Waals surface area contributed by atoms with E-state index in [-0.39, 0.29) is 31.3 Å². The quantitative estimate of drug-likeness (QED) is 0.613. The van der Waals surface area contributed by atoms with Gasteiger partial charge in [-0.15, -0.1) is 0 Å². The molecule has 0 bridgehead atoms. The number of carbonyl (C=O) groups excluding carboxylic acids is 2. The van der Waals surface area contributed by atoms with Crippen LogP contribution in [0.4, 0.5) is 4.79 Å². The summed E-state index contributed by atoms with van der Waals surface area (Å²) in [5.74, 6) is -1.38. The van der Waals surface area contributed by atoms with E-state index in [1.54, 1.807) is 4.90 Å². The molecule has 3 N–H and O–H groups in total. The molecule has 1 atom stereocenters. The zero-order valence-corrected chi connectivity index (χ0v) is 17.8. The number of fused-ring (bicyclic) bond motifs is 3. The van der Waals surface area contributed by atoms with Crippen LogP contribution in [0.15, 0.2) is 48.5 Å². The fourth-order valence-corrected chi connectivity index (χ4v) is 4.41. The van der Waals surface area contributed by atoms with Crippen LogP contribution in [0.25, 0.3) is 11.1 Å². The van der Waals surface area contributed by atoms with Crippen molar-refractivity contribution in [2.24, 2.45) is 0 Å². The van der Waals surface area contributed by atoms with Crippen molar-refractivity contribution in [3.63, 3.8) is 0 Å². The van der Waals surface area contributed by atoms with E-state index in [9.17, 15) is 14.4 Å². The highest BCUT2D eigenvalue weighted by Crippen LogP contribution is 2.44. The monoisotopic (exact) mass is 437 g/mol. The Morgan fingerprint density at radius 2 is 1.62 bits per heavy atom. The number of hydrogen-bond donors (Lipinski definition) is 3. The minimum atomic E-state index is -1.02. The van der Waals surface area contributed by atoms with Crippen molar-refractivity contribution in [3.05, 3.63) is 59.7 Å². The van der Waals surface area contributed by atoms with Crippen molar-refractivity contribution in [2.45, 2.75) is 24.8 Å². The van der Waals surface area contributed by atoms with E-state index in [0.29, 0.717) is 26.2 Å². The van der Waals surface area contributed by atoms with Gasteiger partial charge in [0.2, 0.25) is 5.91 Å². The Hall–Kier alpha value is -3.39. The molecule has 2 aromatic carbocycles. The number of alkyl carbamates (subject to hydrolysis) is 1.